The second kappa shape index (κ2) is 6.08. The van der Waals surface area contributed by atoms with Crippen molar-refractivity contribution >= 4 is 5.97 Å². The zero-order valence-electron chi connectivity index (χ0n) is 5.92. The van der Waals surface area contributed by atoms with Gasteiger partial charge in [0, 0.05) is 0 Å². The third-order valence-electron chi connectivity index (χ3n) is 0.997. The van der Waals surface area contributed by atoms with Crippen LogP contribution < -0.4 is 0 Å². The van der Waals surface area contributed by atoms with E-state index >= 15 is 0 Å². The van der Waals surface area contributed by atoms with Gasteiger partial charge in [-0.3, -0.25) is 4.79 Å². The van der Waals surface area contributed by atoms with Crippen molar-refractivity contribution in [3.63, 3.8) is 0 Å². The van der Waals surface area contributed by atoms with Crippen LogP contribution in [0.25, 0.3) is 0 Å². The van der Waals surface area contributed by atoms with Gasteiger partial charge in [0.25, 0.3) is 0 Å². The highest BCUT2D eigenvalue weighted by Crippen LogP contribution is 1.92. The summed E-state index contributed by atoms with van der Waals surface area (Å²) in [6.45, 7) is 3.54. The van der Waals surface area contributed by atoms with Crippen LogP contribution in [0, 0.1) is 0 Å². The standard InChI is InChI=1S/C8H12O2/c1-2-3-4-5-6-7-8(9)10/h2,5-6H,1,3-4,7H2,(H,9,10)/b6-5+. The lowest BCUT2D eigenvalue weighted by Crippen LogP contribution is -1.89. The number of carboxylic acids is 1. The number of hydrogen-bond donors (Lipinski definition) is 1. The van der Waals surface area contributed by atoms with E-state index in [0.29, 0.717) is 0 Å². The van der Waals surface area contributed by atoms with Crippen molar-refractivity contribution in [3.05, 3.63) is 24.8 Å². The second-order valence-electron chi connectivity index (χ2n) is 1.94. The van der Waals surface area contributed by atoms with E-state index in [2.05, 4.69) is 6.58 Å². The Labute approximate surface area is 60.9 Å². The first-order valence-electron chi connectivity index (χ1n) is 3.25. The van der Waals surface area contributed by atoms with Crippen LogP contribution in [0.2, 0.25) is 0 Å². The minimum atomic E-state index is -0.783. The van der Waals surface area contributed by atoms with E-state index in [1.807, 2.05) is 12.2 Å². The summed E-state index contributed by atoms with van der Waals surface area (Å²) in [6.07, 6.45) is 7.25. The van der Waals surface area contributed by atoms with Crippen LogP contribution in [0.5, 0.6) is 0 Å². The van der Waals surface area contributed by atoms with Crippen LogP contribution in [0.3, 0.4) is 0 Å². The van der Waals surface area contributed by atoms with E-state index < -0.39 is 5.97 Å². The molecule has 56 valence electrons. The first-order chi connectivity index (χ1) is 4.77. The van der Waals surface area contributed by atoms with Gasteiger partial charge in [-0.15, -0.1) is 6.58 Å². The molecule has 0 rings (SSSR count). The molecule has 0 radical (unpaired) electrons. The van der Waals surface area contributed by atoms with Crippen LogP contribution >= 0.6 is 0 Å². The Morgan fingerprint density at radius 1 is 1.40 bits per heavy atom. The first-order valence-corrected chi connectivity index (χ1v) is 3.25. The average Bonchev–Trinajstić information content (AvgIpc) is 1.87. The van der Waals surface area contributed by atoms with Gasteiger partial charge in [-0.2, -0.15) is 0 Å². The lowest BCUT2D eigenvalue weighted by molar-refractivity contribution is -0.136. The van der Waals surface area contributed by atoms with Gasteiger partial charge in [-0.1, -0.05) is 18.2 Å². The summed E-state index contributed by atoms with van der Waals surface area (Å²) in [5.41, 5.74) is 0. The van der Waals surface area contributed by atoms with Crippen LogP contribution in [-0.2, 0) is 4.79 Å². The molecule has 0 fully saturated rings. The minimum absolute atomic E-state index is 0.122. The molecule has 0 aromatic rings. The maximum atomic E-state index is 9.96. The molecule has 0 aliphatic heterocycles. The van der Waals surface area contributed by atoms with Crippen molar-refractivity contribution in [3.8, 4) is 0 Å². The third kappa shape index (κ3) is 6.95. The lowest BCUT2D eigenvalue weighted by Gasteiger charge is -1.84. The predicted molar refractivity (Wildman–Crippen MR) is 40.8 cm³/mol. The molecule has 0 aromatic heterocycles. The monoisotopic (exact) mass is 140 g/mol. The van der Waals surface area contributed by atoms with Gasteiger partial charge in [-0.05, 0) is 12.8 Å². The van der Waals surface area contributed by atoms with Crippen LogP contribution in [0.15, 0.2) is 24.8 Å². The van der Waals surface area contributed by atoms with E-state index in [4.69, 9.17) is 5.11 Å². The average molecular weight is 140 g/mol. The van der Waals surface area contributed by atoms with Crippen molar-refractivity contribution in [1.29, 1.82) is 0 Å². The number of rotatable bonds is 5. The summed E-state index contributed by atoms with van der Waals surface area (Å²) in [7, 11) is 0. The SMILES string of the molecule is C=CCC/C=C/CC(=O)O. The molecule has 0 aromatic carbocycles. The van der Waals surface area contributed by atoms with E-state index in [0.717, 1.165) is 12.8 Å². The highest BCUT2D eigenvalue weighted by molar-refractivity contribution is 5.68. The van der Waals surface area contributed by atoms with Gasteiger partial charge in [-0.25, -0.2) is 0 Å². The Kier molecular flexibility index (Phi) is 5.44. The fraction of sp³-hybridized carbons (Fsp3) is 0.375. The third-order valence-corrected chi connectivity index (χ3v) is 0.997. The largest absolute Gasteiger partial charge is 0.481 e. The number of carbonyl (C=O) groups is 1. The Bertz CT molecular complexity index is 136. The molecule has 0 aliphatic carbocycles. The summed E-state index contributed by atoms with van der Waals surface area (Å²) in [5, 5.41) is 8.20. The summed E-state index contributed by atoms with van der Waals surface area (Å²) in [6, 6.07) is 0. The van der Waals surface area contributed by atoms with E-state index in [-0.39, 0.29) is 6.42 Å². The maximum Gasteiger partial charge on any atom is 0.307 e. The number of aliphatic carboxylic acids is 1. The Morgan fingerprint density at radius 2 is 2.10 bits per heavy atom. The van der Waals surface area contributed by atoms with Gasteiger partial charge in [0.05, 0.1) is 6.42 Å². The van der Waals surface area contributed by atoms with Crippen molar-refractivity contribution in [2.24, 2.45) is 0 Å². The van der Waals surface area contributed by atoms with Crippen molar-refractivity contribution in [2.75, 3.05) is 0 Å². The van der Waals surface area contributed by atoms with Gasteiger partial charge >= 0.3 is 5.97 Å². The normalized spacial score (nSPS) is 10.0. The number of carboxylic acid groups (broad SMARTS) is 1. The highest BCUT2D eigenvalue weighted by Gasteiger charge is 1.87. The Balaban J connectivity index is 3.20. The molecule has 0 saturated heterocycles. The molecule has 0 heterocycles. The fourth-order valence-corrected chi connectivity index (χ4v) is 0.516. The minimum Gasteiger partial charge on any atom is -0.481 e. The van der Waals surface area contributed by atoms with Crippen molar-refractivity contribution < 1.29 is 9.90 Å². The molecule has 0 aliphatic rings. The topological polar surface area (TPSA) is 37.3 Å². The molecule has 0 saturated carbocycles. The molecule has 2 heteroatoms. The maximum absolute atomic E-state index is 9.96. The Morgan fingerprint density at radius 3 is 2.60 bits per heavy atom. The van der Waals surface area contributed by atoms with Gasteiger partial charge in [0.15, 0.2) is 0 Å². The van der Waals surface area contributed by atoms with E-state index in [9.17, 15) is 4.79 Å². The Hall–Kier alpha value is -1.05. The quantitative estimate of drug-likeness (QED) is 0.468. The molecule has 0 atom stereocenters. The van der Waals surface area contributed by atoms with Crippen LogP contribution in [0.1, 0.15) is 19.3 Å². The van der Waals surface area contributed by atoms with Crippen LogP contribution in [-0.4, -0.2) is 11.1 Å². The molecule has 0 amide bonds. The predicted octanol–water partition coefficient (Wildman–Crippen LogP) is 1.98. The van der Waals surface area contributed by atoms with Gasteiger partial charge in [0.2, 0.25) is 0 Å². The zero-order valence-corrected chi connectivity index (χ0v) is 5.92. The molecular weight excluding hydrogens is 128 g/mol. The van der Waals surface area contributed by atoms with Gasteiger partial charge in [0.1, 0.15) is 0 Å². The summed E-state index contributed by atoms with van der Waals surface area (Å²) in [4.78, 5) is 9.96. The summed E-state index contributed by atoms with van der Waals surface area (Å²) >= 11 is 0. The van der Waals surface area contributed by atoms with Gasteiger partial charge < -0.3 is 5.11 Å². The zero-order chi connectivity index (χ0) is 7.82. The fourth-order valence-electron chi connectivity index (χ4n) is 0.516. The molecular formula is C8H12O2. The van der Waals surface area contributed by atoms with Crippen LogP contribution in [0.4, 0.5) is 0 Å². The molecule has 1 N–H and O–H groups in total. The lowest BCUT2D eigenvalue weighted by atomic mass is 10.2. The number of hydrogen-bond acceptors (Lipinski definition) is 1. The number of allylic oxidation sites excluding steroid dienone is 2. The first kappa shape index (κ1) is 8.95. The summed E-state index contributed by atoms with van der Waals surface area (Å²) < 4.78 is 0. The summed E-state index contributed by atoms with van der Waals surface area (Å²) in [5.74, 6) is -0.783. The van der Waals surface area contributed by atoms with Crippen molar-refractivity contribution in [1.82, 2.24) is 0 Å². The van der Waals surface area contributed by atoms with E-state index in [1.165, 1.54) is 0 Å². The molecule has 0 unspecified atom stereocenters. The molecule has 2 nitrogen and oxygen atoms in total. The highest BCUT2D eigenvalue weighted by atomic mass is 16.4. The molecule has 0 spiro atoms. The van der Waals surface area contributed by atoms with Crippen molar-refractivity contribution in [2.45, 2.75) is 19.3 Å². The number of unbranched alkanes of at least 4 members (excludes halogenated alkanes) is 1. The molecule has 0 bridgehead atoms. The smallest absolute Gasteiger partial charge is 0.307 e. The van der Waals surface area contributed by atoms with E-state index in [1.54, 1.807) is 6.08 Å². The molecule has 10 heavy (non-hydrogen) atoms. The second-order valence-corrected chi connectivity index (χ2v) is 1.94.